The summed E-state index contributed by atoms with van der Waals surface area (Å²) in [6.07, 6.45) is 2.21. The monoisotopic (exact) mass is 404 g/mol. The molecule has 2 aromatic rings. The van der Waals surface area contributed by atoms with Crippen molar-refractivity contribution < 1.29 is 17.9 Å². The molecule has 1 heterocycles. The summed E-state index contributed by atoms with van der Waals surface area (Å²) >= 11 is 0. The number of nitrogens with zero attached hydrogens (tertiary/aromatic N) is 1. The maximum Gasteiger partial charge on any atom is 0.262 e. The Bertz CT molecular complexity index is 895. The predicted octanol–water partition coefficient (Wildman–Crippen LogP) is 3.59. The largest absolute Gasteiger partial charge is 0.497 e. The number of anilines is 1. The van der Waals surface area contributed by atoms with Gasteiger partial charge in [0.05, 0.1) is 12.0 Å². The van der Waals surface area contributed by atoms with Gasteiger partial charge in [-0.05, 0) is 81.3 Å². The first-order chi connectivity index (χ1) is 13.3. The fraction of sp³-hybridized carbons (Fsp3) is 0.429. The molecule has 0 aromatic heterocycles. The summed E-state index contributed by atoms with van der Waals surface area (Å²) in [5.74, 6) is 1.40. The van der Waals surface area contributed by atoms with Gasteiger partial charge in [-0.2, -0.15) is 0 Å². The molecule has 6 nitrogen and oxygen atoms in total. The van der Waals surface area contributed by atoms with Crippen LogP contribution in [0.25, 0.3) is 0 Å². The van der Waals surface area contributed by atoms with E-state index in [4.69, 9.17) is 9.47 Å². The molecule has 1 aliphatic heterocycles. The highest BCUT2D eigenvalue weighted by Crippen LogP contribution is 2.28. The molecule has 0 amide bonds. The van der Waals surface area contributed by atoms with Crippen molar-refractivity contribution in [3.05, 3.63) is 47.5 Å². The van der Waals surface area contributed by atoms with E-state index < -0.39 is 10.0 Å². The summed E-state index contributed by atoms with van der Waals surface area (Å²) in [6.45, 7) is 5.59. The van der Waals surface area contributed by atoms with Crippen molar-refractivity contribution >= 4 is 15.7 Å². The Kier molecular flexibility index (Phi) is 6.15. The Morgan fingerprint density at radius 3 is 2.11 bits per heavy atom. The van der Waals surface area contributed by atoms with Crippen molar-refractivity contribution in [2.75, 3.05) is 32.0 Å². The van der Waals surface area contributed by atoms with E-state index >= 15 is 0 Å². The quantitative estimate of drug-likeness (QED) is 0.797. The molecule has 0 spiro atoms. The third kappa shape index (κ3) is 4.77. The molecule has 28 heavy (non-hydrogen) atoms. The minimum absolute atomic E-state index is 0.211. The summed E-state index contributed by atoms with van der Waals surface area (Å²) in [5, 5.41) is 0. The van der Waals surface area contributed by atoms with E-state index in [0.717, 1.165) is 31.7 Å². The lowest BCUT2D eigenvalue weighted by Crippen LogP contribution is -2.35. The van der Waals surface area contributed by atoms with Gasteiger partial charge >= 0.3 is 0 Å². The van der Waals surface area contributed by atoms with Crippen LogP contribution in [0.1, 0.15) is 24.0 Å². The SMILES string of the molecule is COc1cc(C)c(S(=O)(=O)Nc2ccc(OC3CCN(C)CC3)cc2)c(C)c1. The normalized spacial score (nSPS) is 16.0. The summed E-state index contributed by atoms with van der Waals surface area (Å²) in [4.78, 5) is 2.57. The van der Waals surface area contributed by atoms with E-state index in [1.165, 1.54) is 0 Å². The van der Waals surface area contributed by atoms with Crippen LogP contribution >= 0.6 is 0 Å². The lowest BCUT2D eigenvalue weighted by Gasteiger charge is -2.29. The number of hydrogen-bond acceptors (Lipinski definition) is 5. The second kappa shape index (κ2) is 8.41. The van der Waals surface area contributed by atoms with E-state index in [9.17, 15) is 8.42 Å². The Hall–Kier alpha value is -2.25. The van der Waals surface area contributed by atoms with Gasteiger partial charge in [0.25, 0.3) is 10.0 Å². The number of sulfonamides is 1. The van der Waals surface area contributed by atoms with Crippen molar-refractivity contribution in [2.45, 2.75) is 37.7 Å². The topological polar surface area (TPSA) is 67.9 Å². The number of aryl methyl sites for hydroxylation is 2. The van der Waals surface area contributed by atoms with Crippen LogP contribution in [0.2, 0.25) is 0 Å². The Morgan fingerprint density at radius 2 is 1.57 bits per heavy atom. The van der Waals surface area contributed by atoms with E-state index in [2.05, 4.69) is 16.7 Å². The smallest absolute Gasteiger partial charge is 0.262 e. The summed E-state index contributed by atoms with van der Waals surface area (Å²) < 4.78 is 39.7. The standard InChI is InChI=1S/C21H28N2O4S/c1-15-13-20(26-4)14-16(2)21(15)28(24,25)22-17-5-7-18(8-6-17)27-19-9-11-23(3)12-10-19/h5-8,13-14,19,22H,9-12H2,1-4H3. The van der Waals surface area contributed by atoms with Gasteiger partial charge in [0.2, 0.25) is 0 Å². The molecular weight excluding hydrogens is 376 g/mol. The Morgan fingerprint density at radius 1 is 1.00 bits per heavy atom. The van der Waals surface area contributed by atoms with Gasteiger partial charge in [-0.1, -0.05) is 0 Å². The molecule has 152 valence electrons. The van der Waals surface area contributed by atoms with Gasteiger partial charge in [0.1, 0.15) is 17.6 Å². The van der Waals surface area contributed by atoms with Crippen molar-refractivity contribution in [1.82, 2.24) is 4.90 Å². The average Bonchev–Trinajstić information content (AvgIpc) is 2.64. The maximum atomic E-state index is 12.9. The van der Waals surface area contributed by atoms with Gasteiger partial charge in [0, 0.05) is 18.8 Å². The van der Waals surface area contributed by atoms with Crippen LogP contribution in [0.5, 0.6) is 11.5 Å². The molecule has 7 heteroatoms. The number of piperidine rings is 1. The molecular formula is C21H28N2O4S. The molecule has 1 N–H and O–H groups in total. The van der Waals surface area contributed by atoms with Gasteiger partial charge in [-0.15, -0.1) is 0 Å². The number of likely N-dealkylation sites (tertiary alicyclic amines) is 1. The molecule has 0 bridgehead atoms. The highest BCUT2D eigenvalue weighted by molar-refractivity contribution is 7.92. The first kappa shape index (κ1) is 20.5. The lowest BCUT2D eigenvalue weighted by molar-refractivity contribution is 0.114. The van der Waals surface area contributed by atoms with Crippen LogP contribution in [0.4, 0.5) is 5.69 Å². The average molecular weight is 405 g/mol. The zero-order valence-electron chi connectivity index (χ0n) is 16.9. The lowest BCUT2D eigenvalue weighted by atomic mass is 10.1. The first-order valence-electron chi connectivity index (χ1n) is 9.42. The molecule has 0 unspecified atom stereocenters. The van der Waals surface area contributed by atoms with Crippen LogP contribution in [0.3, 0.4) is 0 Å². The minimum Gasteiger partial charge on any atom is -0.497 e. The second-order valence-corrected chi connectivity index (χ2v) is 8.96. The molecule has 1 saturated heterocycles. The van der Waals surface area contributed by atoms with Gasteiger partial charge in [-0.3, -0.25) is 4.72 Å². The highest BCUT2D eigenvalue weighted by atomic mass is 32.2. The van der Waals surface area contributed by atoms with Crippen LogP contribution in [-0.2, 0) is 10.0 Å². The fourth-order valence-corrected chi connectivity index (χ4v) is 5.07. The van der Waals surface area contributed by atoms with Gasteiger partial charge in [0.15, 0.2) is 0 Å². The number of methoxy groups -OCH3 is 1. The number of benzene rings is 2. The van der Waals surface area contributed by atoms with Crippen LogP contribution in [0, 0.1) is 13.8 Å². The summed E-state index contributed by atoms with van der Waals surface area (Å²) in [5.41, 5.74) is 1.79. The minimum atomic E-state index is -3.70. The van der Waals surface area contributed by atoms with Crippen molar-refractivity contribution in [3.63, 3.8) is 0 Å². The summed E-state index contributed by atoms with van der Waals surface area (Å²) in [6, 6.07) is 10.5. The zero-order valence-corrected chi connectivity index (χ0v) is 17.7. The maximum absolute atomic E-state index is 12.9. The van der Waals surface area contributed by atoms with Crippen molar-refractivity contribution in [2.24, 2.45) is 0 Å². The third-order valence-electron chi connectivity index (χ3n) is 5.01. The molecule has 1 aliphatic rings. The Balaban J connectivity index is 1.71. The predicted molar refractivity (Wildman–Crippen MR) is 111 cm³/mol. The van der Waals surface area contributed by atoms with Gasteiger partial charge < -0.3 is 14.4 Å². The highest BCUT2D eigenvalue weighted by Gasteiger charge is 2.21. The molecule has 1 fully saturated rings. The molecule has 0 aliphatic carbocycles. The third-order valence-corrected chi connectivity index (χ3v) is 6.70. The molecule has 0 saturated carbocycles. The van der Waals surface area contributed by atoms with Crippen LogP contribution < -0.4 is 14.2 Å². The number of rotatable bonds is 6. The molecule has 2 aromatic carbocycles. The van der Waals surface area contributed by atoms with E-state index in [-0.39, 0.29) is 11.0 Å². The first-order valence-corrected chi connectivity index (χ1v) is 10.9. The molecule has 3 rings (SSSR count). The van der Waals surface area contributed by atoms with Crippen molar-refractivity contribution in [1.29, 1.82) is 0 Å². The van der Waals surface area contributed by atoms with Gasteiger partial charge in [-0.25, -0.2) is 8.42 Å². The van der Waals surface area contributed by atoms with E-state index in [1.807, 2.05) is 12.1 Å². The number of hydrogen-bond donors (Lipinski definition) is 1. The fourth-order valence-electron chi connectivity index (χ4n) is 3.56. The van der Waals surface area contributed by atoms with Crippen LogP contribution in [-0.4, -0.2) is 46.7 Å². The molecule has 0 atom stereocenters. The van der Waals surface area contributed by atoms with E-state index in [0.29, 0.717) is 22.6 Å². The van der Waals surface area contributed by atoms with Crippen molar-refractivity contribution in [3.8, 4) is 11.5 Å². The number of nitrogens with one attached hydrogen (secondary N) is 1. The summed E-state index contributed by atoms with van der Waals surface area (Å²) in [7, 11) is -0.0180. The van der Waals surface area contributed by atoms with E-state index in [1.54, 1.807) is 45.2 Å². The number of ether oxygens (including phenoxy) is 2. The zero-order chi connectivity index (χ0) is 20.3. The van der Waals surface area contributed by atoms with Crippen LogP contribution in [0.15, 0.2) is 41.3 Å². The Labute approximate surface area is 167 Å². The second-order valence-electron chi connectivity index (χ2n) is 7.34. The molecule has 0 radical (unpaired) electrons.